The van der Waals surface area contributed by atoms with Crippen LogP contribution < -0.4 is 10.2 Å². The van der Waals surface area contributed by atoms with Crippen LogP contribution in [0.2, 0.25) is 0 Å². The third-order valence-corrected chi connectivity index (χ3v) is 1.05. The van der Waals surface area contributed by atoms with Crippen molar-refractivity contribution in [3.05, 3.63) is 30.3 Å². The minimum atomic E-state index is -2.33. The maximum atomic E-state index is 8.33. The molecule has 0 amide bonds. The minimum Gasteiger partial charge on any atom is -0.652 e. The smallest absolute Gasteiger partial charge is 0.00399 e. The highest BCUT2D eigenvalue weighted by Crippen LogP contribution is 2.00. The number of carbonyl (C=O) groups is 1. The molecular weight excluding hydrogens is 164 g/mol. The first-order valence-corrected chi connectivity index (χ1v) is 3.19. The van der Waals surface area contributed by atoms with Crippen LogP contribution in [0, 0.1) is 0 Å². The van der Waals surface area contributed by atoms with Gasteiger partial charge in [0.05, 0.1) is 0 Å². The molecule has 0 fully saturated rings. The molecule has 0 aliphatic heterocycles. The van der Waals surface area contributed by atoms with Gasteiger partial charge in [-0.25, -0.2) is 0 Å². The summed E-state index contributed by atoms with van der Waals surface area (Å²) in [5, 5.41) is 16.7. The molecule has 0 heterocycles. The summed E-state index contributed by atoms with van der Waals surface area (Å²) in [5.41, 5.74) is 0. The van der Waals surface area contributed by atoms with Crippen molar-refractivity contribution in [2.75, 3.05) is 0 Å². The fraction of sp³-hybridized carbons (Fsp3) is 0. The summed E-state index contributed by atoms with van der Waals surface area (Å²) < 4.78 is 0. The number of hydrogen-bond donors (Lipinski definition) is 1. The van der Waals surface area contributed by atoms with E-state index in [-0.39, 0.29) is 0 Å². The van der Waals surface area contributed by atoms with E-state index in [1.807, 2.05) is 30.3 Å². The van der Waals surface area contributed by atoms with Gasteiger partial charge in [-0.05, 0) is 18.3 Å². The summed E-state index contributed by atoms with van der Waals surface area (Å²) in [6, 6.07) is 9.79. The lowest BCUT2D eigenvalue weighted by Crippen LogP contribution is -2.37. The molecule has 1 aromatic rings. The minimum absolute atomic E-state index is 1.02. The Morgan fingerprint density at radius 3 is 1.73 bits per heavy atom. The van der Waals surface area contributed by atoms with Crippen LogP contribution in [0.25, 0.3) is 0 Å². The fourth-order valence-corrected chi connectivity index (χ4v) is 0.600. The van der Waals surface area contributed by atoms with Crippen LogP contribution in [0.4, 0.5) is 4.79 Å². The second kappa shape index (κ2) is 5.61. The van der Waals surface area contributed by atoms with Crippen molar-refractivity contribution in [3.8, 4) is 0 Å². The molecule has 0 aliphatic carbocycles. The maximum absolute atomic E-state index is 8.33. The predicted molar refractivity (Wildman–Crippen MR) is 39.1 cm³/mol. The average Bonchev–Trinajstić information content (AvgIpc) is 1.87. The first kappa shape index (κ1) is 9.84. The highest BCUT2D eigenvalue weighted by atomic mass is 32.1. The lowest BCUT2D eigenvalue weighted by Gasteiger charge is -1.96. The SMILES string of the molecule is O=C([O-])[O-].Sc1ccccc1. The number of carbonyl (C=O) groups excluding carboxylic acids is 1. The standard InChI is InChI=1S/C6H6S.CH2O3/c7-6-4-2-1-3-5-6;2-1(3)4/h1-5,7H;(H2,2,3,4)/p-2. The van der Waals surface area contributed by atoms with E-state index in [0.29, 0.717) is 0 Å². The van der Waals surface area contributed by atoms with Gasteiger partial charge in [0.25, 0.3) is 0 Å². The number of thiol groups is 1. The van der Waals surface area contributed by atoms with E-state index in [1.54, 1.807) is 0 Å². The second-order valence-corrected chi connectivity index (χ2v) is 2.10. The summed E-state index contributed by atoms with van der Waals surface area (Å²) in [6.45, 7) is 0. The highest BCUT2D eigenvalue weighted by Gasteiger charge is 1.73. The molecule has 0 aromatic heterocycles. The molecule has 0 N–H and O–H groups in total. The van der Waals surface area contributed by atoms with Crippen LogP contribution in [0.3, 0.4) is 0 Å². The molecule has 1 rings (SSSR count). The van der Waals surface area contributed by atoms with Gasteiger partial charge in [-0.3, -0.25) is 0 Å². The van der Waals surface area contributed by atoms with Crippen LogP contribution in [0.15, 0.2) is 35.2 Å². The van der Waals surface area contributed by atoms with E-state index in [0.717, 1.165) is 4.90 Å². The monoisotopic (exact) mass is 170 g/mol. The molecule has 0 spiro atoms. The normalized spacial score (nSPS) is 7.73. The van der Waals surface area contributed by atoms with Gasteiger partial charge in [-0.1, -0.05) is 18.2 Å². The van der Waals surface area contributed by atoms with E-state index < -0.39 is 6.16 Å². The molecule has 0 atom stereocenters. The van der Waals surface area contributed by atoms with Gasteiger partial charge < -0.3 is 15.0 Å². The summed E-state index contributed by atoms with van der Waals surface area (Å²) in [4.78, 5) is 9.35. The van der Waals surface area contributed by atoms with Crippen LogP contribution in [-0.2, 0) is 0 Å². The van der Waals surface area contributed by atoms with Crippen molar-refractivity contribution < 1.29 is 15.0 Å². The van der Waals surface area contributed by atoms with Crippen LogP contribution in [0.1, 0.15) is 0 Å². The van der Waals surface area contributed by atoms with Crippen molar-refractivity contribution in [1.82, 2.24) is 0 Å². The van der Waals surface area contributed by atoms with Crippen molar-refractivity contribution in [3.63, 3.8) is 0 Å². The first-order chi connectivity index (χ1) is 5.13. The van der Waals surface area contributed by atoms with Crippen LogP contribution in [0.5, 0.6) is 0 Å². The third-order valence-electron chi connectivity index (χ3n) is 0.756. The van der Waals surface area contributed by atoms with E-state index in [2.05, 4.69) is 12.6 Å². The van der Waals surface area contributed by atoms with Crippen LogP contribution >= 0.6 is 12.6 Å². The molecule has 0 saturated carbocycles. The quantitative estimate of drug-likeness (QED) is 0.535. The van der Waals surface area contributed by atoms with E-state index >= 15 is 0 Å². The average molecular weight is 170 g/mol. The zero-order valence-corrected chi connectivity index (χ0v) is 6.45. The number of hydrogen-bond acceptors (Lipinski definition) is 4. The topological polar surface area (TPSA) is 63.2 Å². The lowest BCUT2D eigenvalue weighted by molar-refractivity contribution is -0.415. The van der Waals surface area contributed by atoms with Gasteiger partial charge in [0, 0.05) is 4.90 Å². The summed E-state index contributed by atoms with van der Waals surface area (Å²) in [6.07, 6.45) is -2.33. The van der Waals surface area contributed by atoms with Gasteiger partial charge in [-0.2, -0.15) is 0 Å². The lowest BCUT2D eigenvalue weighted by atomic mass is 10.4. The van der Waals surface area contributed by atoms with E-state index in [9.17, 15) is 0 Å². The first-order valence-electron chi connectivity index (χ1n) is 2.75. The molecule has 60 valence electrons. The zero-order valence-electron chi connectivity index (χ0n) is 5.56. The van der Waals surface area contributed by atoms with Crippen LogP contribution in [-0.4, -0.2) is 6.16 Å². The van der Waals surface area contributed by atoms with Gasteiger partial charge in [0.15, 0.2) is 0 Å². The third kappa shape index (κ3) is 8.84. The molecule has 0 unspecified atom stereocenters. The molecule has 4 heteroatoms. The van der Waals surface area contributed by atoms with Gasteiger partial charge in [-0.15, -0.1) is 12.6 Å². The summed E-state index contributed by atoms with van der Waals surface area (Å²) in [5.74, 6) is 0. The molecule has 0 radical (unpaired) electrons. The molecule has 0 saturated heterocycles. The maximum Gasteiger partial charge on any atom is 0.00399 e. The molecule has 0 aliphatic rings. The number of carboxylic acid groups (broad SMARTS) is 2. The fourth-order valence-electron chi connectivity index (χ4n) is 0.428. The highest BCUT2D eigenvalue weighted by molar-refractivity contribution is 7.80. The predicted octanol–water partition coefficient (Wildman–Crippen LogP) is -0.472. The van der Waals surface area contributed by atoms with Crippen molar-refractivity contribution in [1.29, 1.82) is 0 Å². The molecule has 0 bridgehead atoms. The molecule has 3 nitrogen and oxygen atoms in total. The van der Waals surface area contributed by atoms with Crippen molar-refractivity contribution in [2.24, 2.45) is 0 Å². The Kier molecular flexibility index (Phi) is 5.02. The van der Waals surface area contributed by atoms with E-state index in [4.69, 9.17) is 15.0 Å². The Balaban J connectivity index is 0.000000218. The summed E-state index contributed by atoms with van der Waals surface area (Å²) in [7, 11) is 0. The van der Waals surface area contributed by atoms with Gasteiger partial charge >= 0.3 is 0 Å². The number of benzene rings is 1. The Hall–Kier alpha value is -1.16. The Labute approximate surface area is 69.7 Å². The Morgan fingerprint density at radius 1 is 1.18 bits per heavy atom. The largest absolute Gasteiger partial charge is 0.652 e. The zero-order chi connectivity index (χ0) is 8.69. The van der Waals surface area contributed by atoms with E-state index in [1.165, 1.54) is 0 Å². The van der Waals surface area contributed by atoms with Crippen molar-refractivity contribution in [2.45, 2.75) is 4.90 Å². The number of rotatable bonds is 0. The van der Waals surface area contributed by atoms with Gasteiger partial charge in [0.1, 0.15) is 0 Å². The molecule has 11 heavy (non-hydrogen) atoms. The summed E-state index contributed by atoms with van der Waals surface area (Å²) >= 11 is 4.08. The van der Waals surface area contributed by atoms with Gasteiger partial charge in [0.2, 0.25) is 0 Å². The molecule has 1 aromatic carbocycles. The van der Waals surface area contributed by atoms with Crippen molar-refractivity contribution >= 4 is 18.8 Å². The molecular formula is C7H6O3S-2. The Bertz CT molecular complexity index is 206. The Morgan fingerprint density at radius 2 is 1.55 bits per heavy atom. The second-order valence-electron chi connectivity index (χ2n) is 1.59.